The molecule has 0 saturated carbocycles. The van der Waals surface area contributed by atoms with Gasteiger partial charge >= 0.3 is 0 Å². The third-order valence-corrected chi connectivity index (χ3v) is 6.04. The molecule has 2 rings (SSSR count). The smallest absolute Gasteiger partial charge is 0.251 e. The van der Waals surface area contributed by atoms with Gasteiger partial charge in [0.05, 0.1) is 11.4 Å². The monoisotopic (exact) mass is 338 g/mol. The molecule has 23 heavy (non-hydrogen) atoms. The minimum Gasteiger partial charge on any atom is -0.350 e. The van der Waals surface area contributed by atoms with Crippen LogP contribution in [0.1, 0.15) is 55.5 Å². The molecule has 5 nitrogen and oxygen atoms in total. The number of aryl methyl sites for hydroxylation is 1. The Balaban J connectivity index is 2.27. The van der Waals surface area contributed by atoms with E-state index in [-0.39, 0.29) is 17.7 Å². The van der Waals surface area contributed by atoms with Crippen LogP contribution in [0, 0.1) is 6.92 Å². The normalized spacial score (nSPS) is 18.5. The van der Waals surface area contributed by atoms with Crippen molar-refractivity contribution in [2.45, 2.75) is 52.5 Å². The van der Waals surface area contributed by atoms with Gasteiger partial charge in [0.2, 0.25) is 10.0 Å². The zero-order valence-corrected chi connectivity index (χ0v) is 14.9. The first-order chi connectivity index (χ1) is 10.8. The summed E-state index contributed by atoms with van der Waals surface area (Å²) in [5.74, 6) is 0.0257. The summed E-state index contributed by atoms with van der Waals surface area (Å²) in [5, 5.41) is 2.96. The highest BCUT2D eigenvalue weighted by atomic mass is 32.2. The maximum Gasteiger partial charge on any atom is 0.251 e. The van der Waals surface area contributed by atoms with E-state index in [1.54, 1.807) is 12.1 Å². The summed E-state index contributed by atoms with van der Waals surface area (Å²) < 4.78 is 26.1. The van der Waals surface area contributed by atoms with Gasteiger partial charge in [0.15, 0.2) is 0 Å². The number of carbonyl (C=O) groups is 1. The van der Waals surface area contributed by atoms with Crippen LogP contribution in [0.3, 0.4) is 0 Å². The fourth-order valence-electron chi connectivity index (χ4n) is 2.89. The summed E-state index contributed by atoms with van der Waals surface area (Å²) in [5.41, 5.74) is 2.00. The summed E-state index contributed by atoms with van der Waals surface area (Å²) in [7, 11) is -3.27. The first kappa shape index (κ1) is 17.8. The number of hydrogen-bond donors (Lipinski definition) is 1. The van der Waals surface area contributed by atoms with Crippen molar-refractivity contribution in [3.05, 3.63) is 29.3 Å². The van der Waals surface area contributed by atoms with Crippen molar-refractivity contribution in [2.75, 3.05) is 16.6 Å². The Bertz CT molecular complexity index is 670. The van der Waals surface area contributed by atoms with E-state index in [9.17, 15) is 13.2 Å². The van der Waals surface area contributed by atoms with Crippen molar-refractivity contribution in [3.63, 3.8) is 0 Å². The Kier molecular flexibility index (Phi) is 5.68. The van der Waals surface area contributed by atoms with Gasteiger partial charge in [0.1, 0.15) is 0 Å². The number of amides is 1. The topological polar surface area (TPSA) is 66.5 Å². The number of nitrogens with one attached hydrogen (secondary N) is 1. The van der Waals surface area contributed by atoms with Crippen molar-refractivity contribution in [1.82, 2.24) is 5.32 Å². The van der Waals surface area contributed by atoms with E-state index in [0.29, 0.717) is 24.2 Å². The molecule has 1 fully saturated rings. The lowest BCUT2D eigenvalue weighted by molar-refractivity contribution is 0.0938. The lowest BCUT2D eigenvalue weighted by Crippen LogP contribution is -2.38. The number of rotatable bonds is 5. The second kappa shape index (κ2) is 7.34. The summed E-state index contributed by atoms with van der Waals surface area (Å²) >= 11 is 0. The largest absolute Gasteiger partial charge is 0.350 e. The molecule has 0 bridgehead atoms. The van der Waals surface area contributed by atoms with Crippen molar-refractivity contribution in [1.29, 1.82) is 0 Å². The van der Waals surface area contributed by atoms with Crippen molar-refractivity contribution < 1.29 is 13.2 Å². The third kappa shape index (κ3) is 4.25. The number of anilines is 1. The molecule has 1 unspecified atom stereocenters. The Hall–Kier alpha value is -1.56. The van der Waals surface area contributed by atoms with E-state index in [0.717, 1.165) is 24.8 Å². The molecular formula is C17H26N2O3S. The van der Waals surface area contributed by atoms with Gasteiger partial charge in [-0.15, -0.1) is 0 Å². The highest BCUT2D eigenvalue weighted by Gasteiger charge is 2.27. The summed E-state index contributed by atoms with van der Waals surface area (Å²) in [6.07, 6.45) is 3.48. The molecule has 128 valence electrons. The van der Waals surface area contributed by atoms with Crippen LogP contribution in [0.5, 0.6) is 0 Å². The molecule has 0 aliphatic carbocycles. The lowest BCUT2D eigenvalue weighted by atomic mass is 10.1. The predicted octanol–water partition coefficient (Wildman–Crippen LogP) is 2.84. The van der Waals surface area contributed by atoms with Gasteiger partial charge in [-0.3, -0.25) is 9.10 Å². The van der Waals surface area contributed by atoms with Crippen molar-refractivity contribution in [3.8, 4) is 0 Å². The van der Waals surface area contributed by atoms with Crippen LogP contribution < -0.4 is 9.62 Å². The van der Waals surface area contributed by atoms with E-state index < -0.39 is 10.0 Å². The second-order valence-corrected chi connectivity index (χ2v) is 8.27. The molecule has 1 atom stereocenters. The highest BCUT2D eigenvalue weighted by Crippen LogP contribution is 2.28. The molecule has 1 aliphatic heterocycles. The maximum absolute atomic E-state index is 12.4. The molecule has 0 aromatic heterocycles. The number of carbonyl (C=O) groups excluding carboxylic acids is 1. The van der Waals surface area contributed by atoms with Gasteiger partial charge in [-0.05, 0) is 50.8 Å². The number of benzene rings is 1. The van der Waals surface area contributed by atoms with Gasteiger partial charge in [-0.1, -0.05) is 19.4 Å². The number of hydrogen-bond acceptors (Lipinski definition) is 3. The Labute approximate surface area is 139 Å². The van der Waals surface area contributed by atoms with E-state index >= 15 is 0 Å². The molecule has 0 spiro atoms. The van der Waals surface area contributed by atoms with Crippen LogP contribution >= 0.6 is 0 Å². The van der Waals surface area contributed by atoms with Crippen LogP contribution in [0.4, 0.5) is 5.69 Å². The van der Waals surface area contributed by atoms with E-state index in [1.165, 1.54) is 4.31 Å². The SMILES string of the molecule is CCCC(C)NC(=O)c1ccc(C)c(N2CCCCS2(=O)=O)c1. The fraction of sp³-hybridized carbons (Fsp3) is 0.588. The van der Waals surface area contributed by atoms with E-state index in [2.05, 4.69) is 12.2 Å². The zero-order chi connectivity index (χ0) is 17.0. The Morgan fingerprint density at radius 3 is 2.74 bits per heavy atom. The van der Waals surface area contributed by atoms with Gasteiger partial charge in [0.25, 0.3) is 5.91 Å². The van der Waals surface area contributed by atoms with Crippen LogP contribution in [0.15, 0.2) is 18.2 Å². The molecule has 1 saturated heterocycles. The average molecular weight is 338 g/mol. The van der Waals surface area contributed by atoms with Crippen LogP contribution in [0.25, 0.3) is 0 Å². The number of nitrogens with zero attached hydrogens (tertiary/aromatic N) is 1. The molecule has 1 heterocycles. The zero-order valence-electron chi connectivity index (χ0n) is 14.1. The molecule has 1 aliphatic rings. The van der Waals surface area contributed by atoms with Gasteiger partial charge < -0.3 is 5.32 Å². The molecule has 1 amide bonds. The first-order valence-corrected chi connectivity index (χ1v) is 9.88. The summed E-state index contributed by atoms with van der Waals surface area (Å²) in [4.78, 5) is 12.4. The Morgan fingerprint density at radius 1 is 1.35 bits per heavy atom. The molecule has 0 radical (unpaired) electrons. The first-order valence-electron chi connectivity index (χ1n) is 8.27. The lowest BCUT2D eigenvalue weighted by Gasteiger charge is -2.29. The van der Waals surface area contributed by atoms with Crippen molar-refractivity contribution in [2.24, 2.45) is 0 Å². The van der Waals surface area contributed by atoms with Gasteiger partial charge in [0, 0.05) is 18.2 Å². The molecule has 6 heteroatoms. The minimum absolute atomic E-state index is 0.107. The standard InChI is InChI=1S/C17H26N2O3S/c1-4-7-14(3)18-17(20)15-9-8-13(2)16(12-15)19-10-5-6-11-23(19,21)22/h8-9,12,14H,4-7,10-11H2,1-3H3,(H,18,20). The molecule has 1 N–H and O–H groups in total. The van der Waals surface area contributed by atoms with E-state index in [1.807, 2.05) is 19.9 Å². The molecule has 1 aromatic carbocycles. The van der Waals surface area contributed by atoms with Crippen molar-refractivity contribution >= 4 is 21.6 Å². The maximum atomic E-state index is 12.4. The third-order valence-electron chi connectivity index (χ3n) is 4.19. The van der Waals surface area contributed by atoms with Gasteiger partial charge in [-0.25, -0.2) is 8.42 Å². The minimum atomic E-state index is -3.27. The van der Waals surface area contributed by atoms with Crippen LogP contribution in [0.2, 0.25) is 0 Å². The molecule has 1 aromatic rings. The number of sulfonamides is 1. The predicted molar refractivity (Wildman–Crippen MR) is 93.4 cm³/mol. The average Bonchev–Trinajstić information content (AvgIpc) is 2.48. The Morgan fingerprint density at radius 2 is 2.09 bits per heavy atom. The molecular weight excluding hydrogens is 312 g/mol. The second-order valence-electron chi connectivity index (χ2n) is 6.26. The van der Waals surface area contributed by atoms with E-state index in [4.69, 9.17) is 0 Å². The summed E-state index contributed by atoms with van der Waals surface area (Å²) in [6.45, 7) is 6.42. The quantitative estimate of drug-likeness (QED) is 0.898. The van der Waals surface area contributed by atoms with Gasteiger partial charge in [-0.2, -0.15) is 0 Å². The highest BCUT2D eigenvalue weighted by molar-refractivity contribution is 7.92. The summed E-state index contributed by atoms with van der Waals surface area (Å²) in [6, 6.07) is 5.38. The van der Waals surface area contributed by atoms with Crippen LogP contribution in [-0.4, -0.2) is 32.7 Å². The fourth-order valence-corrected chi connectivity index (χ4v) is 4.58. The van der Waals surface area contributed by atoms with Crippen LogP contribution in [-0.2, 0) is 10.0 Å².